The zero-order chi connectivity index (χ0) is 17.1. The van der Waals surface area contributed by atoms with Crippen LogP contribution in [-0.2, 0) is 14.3 Å². The average Bonchev–Trinajstić information content (AvgIpc) is 2.54. The largest absolute Gasteiger partial charge is 0.465 e. The highest BCUT2D eigenvalue weighted by atomic mass is 16.5. The molecular formula is C18H25NO4. The molecule has 2 rings (SSSR count). The van der Waals surface area contributed by atoms with Gasteiger partial charge in [-0.25, -0.2) is 0 Å². The van der Waals surface area contributed by atoms with E-state index in [1.165, 1.54) is 0 Å². The van der Waals surface area contributed by atoms with Gasteiger partial charge in [0.25, 0.3) is 0 Å². The molecule has 5 nitrogen and oxygen atoms in total. The molecule has 2 saturated heterocycles. The van der Waals surface area contributed by atoms with Crippen molar-refractivity contribution in [3.63, 3.8) is 0 Å². The quantitative estimate of drug-likeness (QED) is 0.452. The first-order valence-electron chi connectivity index (χ1n) is 7.84. The van der Waals surface area contributed by atoms with E-state index >= 15 is 0 Å². The van der Waals surface area contributed by atoms with E-state index < -0.39 is 17.1 Å². The van der Waals surface area contributed by atoms with Gasteiger partial charge < -0.3 is 14.6 Å². The molecule has 4 atom stereocenters. The standard InChI is InChI=1S/C18H25NO4/c1-5-9-19-10-8-14-13-23-16(20)12-18(14,21)17(19,7-3)11-15(6-2)22-4/h3,5-6,14-15,21H,1-2,8-13H2,4H3/t14?,15-,17+,18?/m0/s1. The van der Waals surface area contributed by atoms with Gasteiger partial charge in [0.05, 0.1) is 19.1 Å². The fraction of sp³-hybridized carbons (Fsp3) is 0.611. The summed E-state index contributed by atoms with van der Waals surface area (Å²) in [6.45, 7) is 8.98. The molecule has 2 aliphatic rings. The van der Waals surface area contributed by atoms with Crippen LogP contribution in [-0.4, -0.2) is 60.0 Å². The predicted molar refractivity (Wildman–Crippen MR) is 87.6 cm³/mol. The molecule has 0 amide bonds. The lowest BCUT2D eigenvalue weighted by molar-refractivity contribution is -0.210. The van der Waals surface area contributed by atoms with E-state index in [-0.39, 0.29) is 25.0 Å². The maximum atomic E-state index is 11.9. The van der Waals surface area contributed by atoms with Crippen molar-refractivity contribution >= 4 is 5.97 Å². The lowest BCUT2D eigenvalue weighted by atomic mass is 9.62. The Bertz CT molecular complexity index is 526. The molecule has 0 bridgehead atoms. The van der Waals surface area contributed by atoms with Crippen LogP contribution in [0.15, 0.2) is 25.3 Å². The van der Waals surface area contributed by atoms with Crippen molar-refractivity contribution in [2.75, 3.05) is 26.8 Å². The number of hydrogen-bond donors (Lipinski definition) is 1. The SMILES string of the molecule is C#C[C@]1(C[C@H](C=C)OC)N(CC=C)CCC2COC(=O)CC21O. The zero-order valence-corrected chi connectivity index (χ0v) is 13.7. The van der Waals surface area contributed by atoms with Crippen LogP contribution in [0.4, 0.5) is 0 Å². The molecule has 0 aromatic carbocycles. The van der Waals surface area contributed by atoms with Crippen LogP contribution in [0.3, 0.4) is 0 Å². The van der Waals surface area contributed by atoms with Gasteiger partial charge in [-0.05, 0) is 6.42 Å². The minimum atomic E-state index is -1.35. The zero-order valence-electron chi connectivity index (χ0n) is 13.7. The first-order chi connectivity index (χ1) is 11.0. The third-order valence-corrected chi connectivity index (χ3v) is 5.19. The second-order valence-corrected chi connectivity index (χ2v) is 6.22. The number of aliphatic hydroxyl groups is 1. The van der Waals surface area contributed by atoms with Crippen LogP contribution in [0.1, 0.15) is 19.3 Å². The molecule has 0 saturated carbocycles. The Morgan fingerprint density at radius 1 is 1.65 bits per heavy atom. The fourth-order valence-electron chi connectivity index (χ4n) is 3.87. The first kappa shape index (κ1) is 17.7. The summed E-state index contributed by atoms with van der Waals surface area (Å²) in [7, 11) is 1.58. The molecule has 0 spiro atoms. The third-order valence-electron chi connectivity index (χ3n) is 5.19. The Morgan fingerprint density at radius 3 is 2.96 bits per heavy atom. The van der Waals surface area contributed by atoms with Gasteiger partial charge in [-0.1, -0.05) is 18.1 Å². The molecule has 0 aromatic rings. The maximum absolute atomic E-state index is 11.9. The summed E-state index contributed by atoms with van der Waals surface area (Å²) in [5.74, 6) is 2.20. The molecule has 0 radical (unpaired) electrons. The number of cyclic esters (lactones) is 1. The number of likely N-dealkylation sites (tertiary alicyclic amines) is 1. The highest BCUT2D eigenvalue weighted by Gasteiger charge is 2.62. The van der Waals surface area contributed by atoms with Gasteiger partial charge in [-0.3, -0.25) is 9.69 Å². The number of hydrogen-bond acceptors (Lipinski definition) is 5. The number of carbonyl (C=O) groups excluding carboxylic acids is 1. The molecule has 5 heteroatoms. The van der Waals surface area contributed by atoms with Crippen LogP contribution < -0.4 is 0 Å². The Hall–Kier alpha value is -1.61. The average molecular weight is 319 g/mol. The second-order valence-electron chi connectivity index (χ2n) is 6.22. The van der Waals surface area contributed by atoms with Gasteiger partial charge >= 0.3 is 5.97 Å². The molecule has 126 valence electrons. The van der Waals surface area contributed by atoms with Crippen molar-refractivity contribution in [3.8, 4) is 12.3 Å². The van der Waals surface area contributed by atoms with Crippen molar-refractivity contribution in [1.82, 2.24) is 4.90 Å². The number of esters is 1. The number of rotatable bonds is 6. The fourth-order valence-corrected chi connectivity index (χ4v) is 3.87. The molecule has 1 N–H and O–H groups in total. The number of fused-ring (bicyclic) bond motifs is 1. The lowest BCUT2D eigenvalue weighted by Gasteiger charge is -2.58. The minimum absolute atomic E-state index is 0.108. The summed E-state index contributed by atoms with van der Waals surface area (Å²) < 4.78 is 10.6. The molecule has 2 heterocycles. The smallest absolute Gasteiger partial charge is 0.308 e. The monoisotopic (exact) mass is 319 g/mol. The number of nitrogens with zero attached hydrogens (tertiary/aromatic N) is 1. The summed E-state index contributed by atoms with van der Waals surface area (Å²) in [4.78, 5) is 13.9. The third kappa shape index (κ3) is 2.83. The predicted octanol–water partition coefficient (Wildman–Crippen LogP) is 1.14. The van der Waals surface area contributed by atoms with E-state index in [1.54, 1.807) is 19.3 Å². The summed E-state index contributed by atoms with van der Waals surface area (Å²) >= 11 is 0. The van der Waals surface area contributed by atoms with Crippen molar-refractivity contribution in [2.24, 2.45) is 5.92 Å². The molecular weight excluding hydrogens is 294 g/mol. The Kier molecular flexibility index (Phi) is 5.30. The first-order valence-corrected chi connectivity index (χ1v) is 7.84. The summed E-state index contributed by atoms with van der Waals surface area (Å²) in [5.41, 5.74) is -2.38. The Labute approximate surface area is 137 Å². The van der Waals surface area contributed by atoms with Crippen LogP contribution in [0.5, 0.6) is 0 Å². The van der Waals surface area contributed by atoms with Gasteiger partial charge in [0.15, 0.2) is 0 Å². The normalized spacial score (nSPS) is 35.5. The van der Waals surface area contributed by atoms with Crippen molar-refractivity contribution in [1.29, 1.82) is 0 Å². The summed E-state index contributed by atoms with van der Waals surface area (Å²) in [6.07, 6.45) is 9.99. The van der Waals surface area contributed by atoms with Crippen LogP contribution in [0, 0.1) is 18.3 Å². The van der Waals surface area contributed by atoms with Crippen LogP contribution >= 0.6 is 0 Å². The van der Waals surface area contributed by atoms with E-state index in [1.807, 2.05) is 4.90 Å². The van der Waals surface area contributed by atoms with E-state index in [0.29, 0.717) is 25.9 Å². The van der Waals surface area contributed by atoms with Crippen molar-refractivity contribution in [3.05, 3.63) is 25.3 Å². The topological polar surface area (TPSA) is 59.0 Å². The second kappa shape index (κ2) is 6.88. The number of carbonyl (C=O) groups is 1. The molecule has 0 aromatic heterocycles. The van der Waals surface area contributed by atoms with Crippen LogP contribution in [0.25, 0.3) is 0 Å². The number of ether oxygens (including phenoxy) is 2. The maximum Gasteiger partial charge on any atom is 0.308 e. The number of methoxy groups -OCH3 is 1. The van der Waals surface area contributed by atoms with E-state index in [2.05, 4.69) is 19.1 Å². The lowest BCUT2D eigenvalue weighted by Crippen LogP contribution is -2.73. The molecule has 2 unspecified atom stereocenters. The van der Waals surface area contributed by atoms with Crippen LogP contribution in [0.2, 0.25) is 0 Å². The van der Waals surface area contributed by atoms with Gasteiger partial charge in [-0.2, -0.15) is 0 Å². The number of terminal acetylenes is 1. The van der Waals surface area contributed by atoms with Gasteiger partial charge in [0.2, 0.25) is 0 Å². The van der Waals surface area contributed by atoms with Gasteiger partial charge in [0.1, 0.15) is 11.1 Å². The number of piperidine rings is 1. The van der Waals surface area contributed by atoms with Crippen molar-refractivity contribution in [2.45, 2.75) is 36.5 Å². The van der Waals surface area contributed by atoms with E-state index in [0.717, 1.165) is 0 Å². The van der Waals surface area contributed by atoms with Gasteiger partial charge in [0, 0.05) is 32.5 Å². The Balaban J connectivity index is 2.50. The summed E-state index contributed by atoms with van der Waals surface area (Å²) in [6, 6.07) is 0. The molecule has 2 aliphatic heterocycles. The van der Waals surface area contributed by atoms with E-state index in [4.69, 9.17) is 15.9 Å². The highest BCUT2D eigenvalue weighted by Crippen LogP contribution is 2.48. The highest BCUT2D eigenvalue weighted by molar-refractivity contribution is 5.72. The Morgan fingerprint density at radius 2 is 2.39 bits per heavy atom. The molecule has 2 fully saturated rings. The molecule has 0 aliphatic carbocycles. The minimum Gasteiger partial charge on any atom is -0.465 e. The summed E-state index contributed by atoms with van der Waals surface area (Å²) in [5, 5.41) is 11.5. The van der Waals surface area contributed by atoms with Crippen molar-refractivity contribution < 1.29 is 19.4 Å². The van der Waals surface area contributed by atoms with Gasteiger partial charge in [-0.15, -0.1) is 19.6 Å². The molecule has 23 heavy (non-hydrogen) atoms. The van der Waals surface area contributed by atoms with E-state index in [9.17, 15) is 9.90 Å².